The highest BCUT2D eigenvalue weighted by Crippen LogP contribution is 2.14. The number of hydrazone groups is 1. The van der Waals surface area contributed by atoms with Gasteiger partial charge in [-0.2, -0.15) is 5.10 Å². The van der Waals surface area contributed by atoms with Gasteiger partial charge in [-0.1, -0.05) is 12.1 Å². The van der Waals surface area contributed by atoms with E-state index in [-0.39, 0.29) is 11.7 Å². The first kappa shape index (κ1) is 14.6. The lowest BCUT2D eigenvalue weighted by atomic mass is 10.2. The summed E-state index contributed by atoms with van der Waals surface area (Å²) in [6, 6.07) is 13.7. The van der Waals surface area contributed by atoms with Gasteiger partial charge in [0.05, 0.1) is 24.1 Å². The predicted octanol–water partition coefficient (Wildman–Crippen LogP) is 3.01. The van der Waals surface area contributed by atoms with E-state index >= 15 is 0 Å². The second-order valence-corrected chi connectivity index (χ2v) is 4.23. The van der Waals surface area contributed by atoms with Crippen LogP contribution in [0.2, 0.25) is 0 Å². The topological polar surface area (TPSA) is 70.9 Å². The Bertz CT molecular complexity index is 636. The van der Waals surface area contributed by atoms with E-state index in [2.05, 4.69) is 10.5 Å². The first-order valence-corrected chi connectivity index (χ1v) is 6.55. The van der Waals surface area contributed by atoms with Gasteiger partial charge in [0.15, 0.2) is 0 Å². The highest BCUT2D eigenvalue weighted by atomic mass is 16.5. The van der Waals surface area contributed by atoms with Gasteiger partial charge in [-0.25, -0.2) is 4.79 Å². The highest BCUT2D eigenvalue weighted by Gasteiger charge is 2.04. The molecule has 2 rings (SSSR count). The Labute approximate surface area is 122 Å². The summed E-state index contributed by atoms with van der Waals surface area (Å²) in [4.78, 5) is 11.5. The number of para-hydroxylation sites is 1. The minimum atomic E-state index is -0.346. The molecule has 2 N–H and O–H groups in total. The number of rotatable bonds is 5. The standard InChI is InChI=1S/C16H16N2O3/c1-2-21-16(20)12-7-9-14(10-8-12)18-17-11-13-5-3-4-6-15(13)19/h3-11,18-19H,2H2,1H3/b17-11+. The minimum Gasteiger partial charge on any atom is -0.507 e. The lowest BCUT2D eigenvalue weighted by Gasteiger charge is -2.03. The van der Waals surface area contributed by atoms with E-state index in [0.29, 0.717) is 17.7 Å². The van der Waals surface area contributed by atoms with Gasteiger partial charge in [0, 0.05) is 5.56 Å². The van der Waals surface area contributed by atoms with Crippen molar-refractivity contribution in [2.75, 3.05) is 12.0 Å². The molecule has 0 aliphatic heterocycles. The fourth-order valence-electron chi connectivity index (χ4n) is 1.67. The van der Waals surface area contributed by atoms with Crippen molar-refractivity contribution in [1.29, 1.82) is 0 Å². The van der Waals surface area contributed by atoms with E-state index in [1.54, 1.807) is 49.4 Å². The predicted molar refractivity (Wildman–Crippen MR) is 81.7 cm³/mol. The van der Waals surface area contributed by atoms with Gasteiger partial charge in [0.25, 0.3) is 0 Å². The molecule has 0 saturated heterocycles. The fourth-order valence-corrected chi connectivity index (χ4v) is 1.67. The van der Waals surface area contributed by atoms with Crippen molar-refractivity contribution in [2.45, 2.75) is 6.92 Å². The van der Waals surface area contributed by atoms with E-state index in [9.17, 15) is 9.90 Å². The third-order valence-corrected chi connectivity index (χ3v) is 2.73. The number of carbonyl (C=O) groups is 1. The number of phenols is 1. The van der Waals surface area contributed by atoms with Gasteiger partial charge >= 0.3 is 5.97 Å². The van der Waals surface area contributed by atoms with Crippen LogP contribution in [0.4, 0.5) is 5.69 Å². The first-order chi connectivity index (χ1) is 10.2. The second-order valence-electron chi connectivity index (χ2n) is 4.23. The van der Waals surface area contributed by atoms with Crippen LogP contribution < -0.4 is 5.43 Å². The summed E-state index contributed by atoms with van der Waals surface area (Å²) < 4.78 is 4.90. The molecular weight excluding hydrogens is 268 g/mol. The zero-order valence-corrected chi connectivity index (χ0v) is 11.6. The number of esters is 1. The van der Waals surface area contributed by atoms with Crippen LogP contribution in [0.1, 0.15) is 22.8 Å². The molecule has 0 spiro atoms. The number of hydrogen-bond donors (Lipinski definition) is 2. The molecule has 5 heteroatoms. The molecule has 0 fully saturated rings. The van der Waals surface area contributed by atoms with Crippen LogP contribution in [0.3, 0.4) is 0 Å². The van der Waals surface area contributed by atoms with Crippen LogP contribution >= 0.6 is 0 Å². The Morgan fingerprint density at radius 2 is 1.95 bits per heavy atom. The summed E-state index contributed by atoms with van der Waals surface area (Å²) in [7, 11) is 0. The highest BCUT2D eigenvalue weighted by molar-refractivity contribution is 5.89. The average Bonchev–Trinajstić information content (AvgIpc) is 2.50. The van der Waals surface area contributed by atoms with Crippen molar-refractivity contribution in [3.8, 4) is 5.75 Å². The van der Waals surface area contributed by atoms with Crippen molar-refractivity contribution in [3.63, 3.8) is 0 Å². The number of nitrogens with zero attached hydrogens (tertiary/aromatic N) is 1. The van der Waals surface area contributed by atoms with E-state index in [1.807, 2.05) is 6.07 Å². The molecule has 0 bridgehead atoms. The summed E-state index contributed by atoms with van der Waals surface area (Å²) in [6.07, 6.45) is 1.52. The van der Waals surface area contributed by atoms with Crippen molar-refractivity contribution in [3.05, 3.63) is 59.7 Å². The fraction of sp³-hybridized carbons (Fsp3) is 0.125. The van der Waals surface area contributed by atoms with Crippen LogP contribution in [-0.4, -0.2) is 23.9 Å². The third-order valence-electron chi connectivity index (χ3n) is 2.73. The molecular formula is C16H16N2O3. The molecule has 5 nitrogen and oxygen atoms in total. The molecule has 0 atom stereocenters. The van der Waals surface area contributed by atoms with E-state index in [1.165, 1.54) is 6.21 Å². The van der Waals surface area contributed by atoms with E-state index in [4.69, 9.17) is 4.74 Å². The maximum absolute atomic E-state index is 11.5. The van der Waals surface area contributed by atoms with Crippen molar-refractivity contribution in [2.24, 2.45) is 5.10 Å². The first-order valence-electron chi connectivity index (χ1n) is 6.55. The summed E-state index contributed by atoms with van der Waals surface area (Å²) >= 11 is 0. The average molecular weight is 284 g/mol. The van der Waals surface area contributed by atoms with E-state index in [0.717, 1.165) is 5.69 Å². The minimum absolute atomic E-state index is 0.167. The molecule has 108 valence electrons. The molecule has 0 saturated carbocycles. The number of aromatic hydroxyl groups is 1. The zero-order valence-electron chi connectivity index (χ0n) is 11.6. The van der Waals surface area contributed by atoms with Gasteiger partial charge in [-0.05, 0) is 43.3 Å². The molecule has 2 aromatic rings. The maximum Gasteiger partial charge on any atom is 0.338 e. The van der Waals surface area contributed by atoms with Crippen LogP contribution in [-0.2, 0) is 4.74 Å². The van der Waals surface area contributed by atoms with Gasteiger partial charge in [0.2, 0.25) is 0 Å². The quantitative estimate of drug-likeness (QED) is 0.503. The van der Waals surface area contributed by atoms with E-state index < -0.39 is 0 Å². The summed E-state index contributed by atoms with van der Waals surface area (Å²) in [5.41, 5.74) is 4.67. The molecule has 0 radical (unpaired) electrons. The van der Waals surface area contributed by atoms with Crippen LogP contribution in [0.5, 0.6) is 5.75 Å². The Balaban J connectivity index is 1.98. The number of phenolic OH excluding ortho intramolecular Hbond substituents is 1. The van der Waals surface area contributed by atoms with Crippen molar-refractivity contribution >= 4 is 17.9 Å². The smallest absolute Gasteiger partial charge is 0.338 e. The summed E-state index contributed by atoms with van der Waals surface area (Å²) in [5.74, 6) is -0.178. The van der Waals surface area contributed by atoms with Gasteiger partial charge in [0.1, 0.15) is 5.75 Å². The molecule has 0 amide bonds. The molecule has 2 aromatic carbocycles. The van der Waals surface area contributed by atoms with Crippen molar-refractivity contribution < 1.29 is 14.6 Å². The summed E-state index contributed by atoms with van der Waals surface area (Å²) in [6.45, 7) is 2.12. The number of hydrogen-bond acceptors (Lipinski definition) is 5. The number of nitrogens with one attached hydrogen (secondary N) is 1. The summed E-state index contributed by atoms with van der Waals surface area (Å²) in [5, 5.41) is 13.6. The Morgan fingerprint density at radius 3 is 2.62 bits per heavy atom. The lowest BCUT2D eigenvalue weighted by molar-refractivity contribution is 0.0526. The second kappa shape index (κ2) is 7.09. The maximum atomic E-state index is 11.5. The number of carbonyl (C=O) groups excluding carboxylic acids is 1. The molecule has 0 heterocycles. The molecule has 0 unspecified atom stereocenters. The number of ether oxygens (including phenoxy) is 1. The van der Waals surface area contributed by atoms with Crippen molar-refractivity contribution in [1.82, 2.24) is 0 Å². The zero-order chi connectivity index (χ0) is 15.1. The van der Waals surface area contributed by atoms with Gasteiger partial charge in [-0.3, -0.25) is 5.43 Å². The Kier molecular flexibility index (Phi) is 4.93. The molecule has 0 aliphatic carbocycles. The van der Waals surface area contributed by atoms with Crippen LogP contribution in [0, 0.1) is 0 Å². The SMILES string of the molecule is CCOC(=O)c1ccc(N/N=C/c2ccccc2O)cc1. The lowest BCUT2D eigenvalue weighted by Crippen LogP contribution is -2.04. The Morgan fingerprint density at radius 1 is 1.24 bits per heavy atom. The normalized spacial score (nSPS) is 10.5. The Hall–Kier alpha value is -2.82. The molecule has 0 aromatic heterocycles. The van der Waals surface area contributed by atoms with Gasteiger partial charge < -0.3 is 9.84 Å². The molecule has 0 aliphatic rings. The third kappa shape index (κ3) is 4.07. The monoisotopic (exact) mass is 284 g/mol. The van der Waals surface area contributed by atoms with Gasteiger partial charge in [-0.15, -0.1) is 0 Å². The molecule has 21 heavy (non-hydrogen) atoms. The van der Waals surface area contributed by atoms with Crippen LogP contribution in [0.25, 0.3) is 0 Å². The number of anilines is 1. The number of benzene rings is 2. The van der Waals surface area contributed by atoms with Crippen LogP contribution in [0.15, 0.2) is 53.6 Å². The largest absolute Gasteiger partial charge is 0.507 e.